The van der Waals surface area contributed by atoms with Crippen molar-refractivity contribution < 1.29 is 9.90 Å². The van der Waals surface area contributed by atoms with E-state index < -0.39 is 5.41 Å². The Balaban J connectivity index is 2.49. The fourth-order valence-corrected chi connectivity index (χ4v) is 1.35. The Morgan fingerprint density at radius 3 is 2.38 bits per heavy atom. The van der Waals surface area contributed by atoms with Gasteiger partial charge in [0.15, 0.2) is 0 Å². The first kappa shape index (κ1) is 10.5. The molecular formula is C10H19NO2. The summed E-state index contributed by atoms with van der Waals surface area (Å²) in [5.74, 6) is -0.0443. The van der Waals surface area contributed by atoms with E-state index in [2.05, 4.69) is 12.2 Å². The van der Waals surface area contributed by atoms with Crippen LogP contribution < -0.4 is 5.32 Å². The van der Waals surface area contributed by atoms with E-state index in [1.807, 2.05) is 0 Å². The maximum atomic E-state index is 11.6. The van der Waals surface area contributed by atoms with Gasteiger partial charge < -0.3 is 10.4 Å². The molecule has 1 rings (SSSR count). The summed E-state index contributed by atoms with van der Waals surface area (Å²) in [5, 5.41) is 12.0. The molecule has 0 atom stereocenters. The van der Waals surface area contributed by atoms with Gasteiger partial charge >= 0.3 is 0 Å². The number of hydrogen-bond donors (Lipinski definition) is 2. The van der Waals surface area contributed by atoms with Gasteiger partial charge in [-0.15, -0.1) is 0 Å². The molecule has 0 spiro atoms. The summed E-state index contributed by atoms with van der Waals surface area (Å²) < 4.78 is 0. The van der Waals surface area contributed by atoms with Gasteiger partial charge in [0.25, 0.3) is 0 Å². The lowest BCUT2D eigenvalue weighted by molar-refractivity contribution is -0.134. The minimum atomic E-state index is -0.654. The van der Waals surface area contributed by atoms with Crippen LogP contribution in [0.25, 0.3) is 0 Å². The second-order valence-electron chi connectivity index (χ2n) is 4.91. The van der Waals surface area contributed by atoms with E-state index in [4.69, 9.17) is 5.11 Å². The average molecular weight is 185 g/mol. The highest BCUT2D eigenvalue weighted by molar-refractivity contribution is 5.82. The Labute approximate surface area is 79.5 Å². The van der Waals surface area contributed by atoms with Crippen molar-refractivity contribution in [3.05, 3.63) is 0 Å². The smallest absolute Gasteiger partial charge is 0.228 e. The predicted molar refractivity (Wildman–Crippen MR) is 51.3 cm³/mol. The summed E-state index contributed by atoms with van der Waals surface area (Å²) in [6, 6.07) is 0. The molecule has 13 heavy (non-hydrogen) atoms. The van der Waals surface area contributed by atoms with Gasteiger partial charge in [0.2, 0.25) is 5.91 Å². The van der Waals surface area contributed by atoms with E-state index in [0.717, 1.165) is 12.8 Å². The van der Waals surface area contributed by atoms with Gasteiger partial charge in [0.05, 0.1) is 12.0 Å². The lowest BCUT2D eigenvalue weighted by atomic mass is 9.77. The van der Waals surface area contributed by atoms with Crippen molar-refractivity contribution in [2.75, 3.05) is 6.61 Å². The van der Waals surface area contributed by atoms with Crippen LogP contribution in [-0.4, -0.2) is 23.2 Å². The molecule has 1 saturated carbocycles. The first-order valence-corrected chi connectivity index (χ1v) is 4.83. The fourth-order valence-electron chi connectivity index (χ4n) is 1.35. The maximum absolute atomic E-state index is 11.6. The number of carbonyl (C=O) groups excluding carboxylic acids is 1. The highest BCUT2D eigenvalue weighted by Gasteiger charge is 2.37. The normalized spacial score (nSPS) is 20.6. The van der Waals surface area contributed by atoms with E-state index in [9.17, 15) is 4.79 Å². The summed E-state index contributed by atoms with van der Waals surface area (Å²) in [4.78, 5) is 11.6. The van der Waals surface area contributed by atoms with E-state index in [1.54, 1.807) is 13.8 Å². The third kappa shape index (κ3) is 2.21. The molecule has 0 aromatic rings. The zero-order valence-electron chi connectivity index (χ0n) is 8.68. The maximum Gasteiger partial charge on any atom is 0.228 e. The lowest BCUT2D eigenvalue weighted by Gasteiger charge is -2.41. The monoisotopic (exact) mass is 185 g/mol. The third-order valence-corrected chi connectivity index (χ3v) is 2.88. The molecule has 0 saturated heterocycles. The second kappa shape index (κ2) is 3.29. The van der Waals surface area contributed by atoms with Crippen LogP contribution in [0.15, 0.2) is 0 Å². The number of aliphatic hydroxyl groups is 1. The van der Waals surface area contributed by atoms with Crippen LogP contribution in [-0.2, 0) is 4.79 Å². The van der Waals surface area contributed by atoms with E-state index in [1.165, 1.54) is 6.42 Å². The van der Waals surface area contributed by atoms with Crippen molar-refractivity contribution in [1.82, 2.24) is 5.32 Å². The summed E-state index contributed by atoms with van der Waals surface area (Å²) in [6.45, 7) is 5.46. The Morgan fingerprint density at radius 2 is 2.08 bits per heavy atom. The number of aliphatic hydroxyl groups excluding tert-OH is 1. The number of hydrogen-bond acceptors (Lipinski definition) is 2. The van der Waals surface area contributed by atoms with Crippen molar-refractivity contribution >= 4 is 5.91 Å². The molecule has 0 heterocycles. The summed E-state index contributed by atoms with van der Waals surface area (Å²) in [6.07, 6.45) is 3.30. The first-order valence-electron chi connectivity index (χ1n) is 4.83. The average Bonchev–Trinajstić information content (AvgIpc) is 2.01. The minimum Gasteiger partial charge on any atom is -0.395 e. The lowest BCUT2D eigenvalue weighted by Crippen LogP contribution is -2.55. The molecule has 0 radical (unpaired) electrons. The molecule has 76 valence electrons. The highest BCUT2D eigenvalue weighted by atomic mass is 16.3. The standard InChI is InChI=1S/C10H19NO2/c1-9(2,7-12)8(13)11-10(3)5-4-6-10/h12H,4-7H2,1-3H3,(H,11,13). The van der Waals surface area contributed by atoms with Gasteiger partial charge in [-0.1, -0.05) is 0 Å². The van der Waals surface area contributed by atoms with Crippen LogP contribution in [0.3, 0.4) is 0 Å². The molecule has 0 aliphatic heterocycles. The van der Waals surface area contributed by atoms with E-state index in [0.29, 0.717) is 0 Å². The molecular weight excluding hydrogens is 166 g/mol. The van der Waals surface area contributed by atoms with E-state index in [-0.39, 0.29) is 18.1 Å². The molecule has 0 aromatic carbocycles. The van der Waals surface area contributed by atoms with Crippen molar-refractivity contribution in [2.45, 2.75) is 45.6 Å². The summed E-state index contributed by atoms with van der Waals surface area (Å²) in [5.41, 5.74) is -0.665. The van der Waals surface area contributed by atoms with Crippen LogP contribution >= 0.6 is 0 Å². The minimum absolute atomic E-state index is 0.0104. The van der Waals surface area contributed by atoms with Crippen molar-refractivity contribution in [3.63, 3.8) is 0 Å². The van der Waals surface area contributed by atoms with Crippen LogP contribution in [0.1, 0.15) is 40.0 Å². The van der Waals surface area contributed by atoms with Gasteiger partial charge in [-0.2, -0.15) is 0 Å². The Kier molecular flexibility index (Phi) is 2.66. The summed E-state index contributed by atoms with van der Waals surface area (Å²) >= 11 is 0. The van der Waals surface area contributed by atoms with Gasteiger partial charge in [-0.05, 0) is 40.0 Å². The van der Waals surface area contributed by atoms with Crippen molar-refractivity contribution in [1.29, 1.82) is 0 Å². The van der Waals surface area contributed by atoms with Gasteiger partial charge in [-0.25, -0.2) is 0 Å². The zero-order valence-corrected chi connectivity index (χ0v) is 8.68. The molecule has 0 unspecified atom stereocenters. The molecule has 3 nitrogen and oxygen atoms in total. The topological polar surface area (TPSA) is 49.3 Å². The number of carbonyl (C=O) groups is 1. The number of amides is 1. The SMILES string of the molecule is CC1(NC(=O)C(C)(C)CO)CCC1. The Hall–Kier alpha value is -0.570. The number of nitrogens with one attached hydrogen (secondary N) is 1. The number of rotatable bonds is 3. The van der Waals surface area contributed by atoms with Crippen LogP contribution in [0, 0.1) is 5.41 Å². The molecule has 1 aliphatic carbocycles. The quantitative estimate of drug-likeness (QED) is 0.691. The van der Waals surface area contributed by atoms with E-state index >= 15 is 0 Å². The highest BCUT2D eigenvalue weighted by Crippen LogP contribution is 2.32. The molecule has 0 bridgehead atoms. The Morgan fingerprint density at radius 1 is 1.54 bits per heavy atom. The van der Waals surface area contributed by atoms with Crippen LogP contribution in [0.4, 0.5) is 0 Å². The fraction of sp³-hybridized carbons (Fsp3) is 0.900. The zero-order chi connectivity index (χ0) is 10.1. The Bertz CT molecular complexity index is 207. The van der Waals surface area contributed by atoms with Gasteiger partial charge in [0.1, 0.15) is 0 Å². The molecule has 2 N–H and O–H groups in total. The molecule has 1 amide bonds. The summed E-state index contributed by atoms with van der Waals surface area (Å²) in [7, 11) is 0. The van der Waals surface area contributed by atoms with Crippen molar-refractivity contribution in [2.24, 2.45) is 5.41 Å². The molecule has 3 heteroatoms. The first-order chi connectivity index (χ1) is 5.90. The van der Waals surface area contributed by atoms with Gasteiger partial charge in [-0.3, -0.25) is 4.79 Å². The van der Waals surface area contributed by atoms with Gasteiger partial charge in [0, 0.05) is 5.54 Å². The molecule has 1 aliphatic rings. The third-order valence-electron chi connectivity index (χ3n) is 2.88. The second-order valence-corrected chi connectivity index (χ2v) is 4.91. The van der Waals surface area contributed by atoms with Crippen LogP contribution in [0.5, 0.6) is 0 Å². The van der Waals surface area contributed by atoms with Crippen molar-refractivity contribution in [3.8, 4) is 0 Å². The predicted octanol–water partition coefficient (Wildman–Crippen LogP) is 1.06. The van der Waals surface area contributed by atoms with Crippen LogP contribution in [0.2, 0.25) is 0 Å². The molecule has 0 aromatic heterocycles. The largest absolute Gasteiger partial charge is 0.395 e. The molecule has 1 fully saturated rings.